The van der Waals surface area contributed by atoms with Crippen LogP contribution >= 0.6 is 0 Å². The molecule has 0 spiro atoms. The van der Waals surface area contributed by atoms with Crippen LogP contribution in [0.5, 0.6) is 5.75 Å². The van der Waals surface area contributed by atoms with E-state index in [1.54, 1.807) is 12.3 Å². The average Bonchev–Trinajstić information content (AvgIpc) is 2.73. The molecule has 0 fully saturated rings. The quantitative estimate of drug-likeness (QED) is 0.766. The van der Waals surface area contributed by atoms with Gasteiger partial charge in [0.25, 0.3) is 0 Å². The molecular weight excluding hydrogens is 214 g/mol. The molecule has 1 heterocycles. The van der Waals surface area contributed by atoms with Crippen LogP contribution in [-0.2, 0) is 20.0 Å². The van der Waals surface area contributed by atoms with Gasteiger partial charge in [-0.2, -0.15) is 5.10 Å². The summed E-state index contributed by atoms with van der Waals surface area (Å²) in [5.74, 6) is 0.348. The van der Waals surface area contributed by atoms with E-state index in [-0.39, 0.29) is 0 Å². The summed E-state index contributed by atoms with van der Waals surface area (Å²) in [6, 6.07) is 9.40. The summed E-state index contributed by atoms with van der Waals surface area (Å²) in [7, 11) is 1.94. The summed E-state index contributed by atoms with van der Waals surface area (Å²) in [4.78, 5) is 0. The number of aromatic hydroxyl groups is 1. The fraction of sp³-hybridized carbons (Fsp3) is 0.308. The van der Waals surface area contributed by atoms with Crippen LogP contribution < -0.4 is 5.32 Å². The van der Waals surface area contributed by atoms with E-state index < -0.39 is 0 Å². The van der Waals surface area contributed by atoms with E-state index in [2.05, 4.69) is 10.4 Å². The van der Waals surface area contributed by atoms with Gasteiger partial charge in [-0.25, -0.2) is 0 Å². The first-order valence-electron chi connectivity index (χ1n) is 5.72. The second kappa shape index (κ2) is 5.50. The Kier molecular flexibility index (Phi) is 3.77. The van der Waals surface area contributed by atoms with Crippen molar-refractivity contribution < 1.29 is 5.11 Å². The van der Waals surface area contributed by atoms with Crippen molar-refractivity contribution in [3.8, 4) is 5.75 Å². The van der Waals surface area contributed by atoms with E-state index in [0.29, 0.717) is 12.3 Å². The zero-order valence-electron chi connectivity index (χ0n) is 9.93. The standard InChI is InChI=1S/C13H17N3O/c1-16-12(7-9-15-16)6-8-14-10-11-4-2-3-5-13(11)17/h2-5,7,9,14,17H,6,8,10H2,1H3. The molecule has 0 saturated carbocycles. The number of nitrogens with one attached hydrogen (secondary N) is 1. The van der Waals surface area contributed by atoms with Crippen molar-refractivity contribution in [1.29, 1.82) is 0 Å². The molecule has 0 aliphatic heterocycles. The Balaban J connectivity index is 1.77. The molecule has 0 radical (unpaired) electrons. The molecule has 4 heteroatoms. The summed E-state index contributed by atoms with van der Waals surface area (Å²) in [5.41, 5.74) is 2.13. The lowest BCUT2D eigenvalue weighted by atomic mass is 10.2. The molecule has 2 N–H and O–H groups in total. The van der Waals surface area contributed by atoms with Crippen LogP contribution in [0.2, 0.25) is 0 Å². The molecule has 0 saturated heterocycles. The summed E-state index contributed by atoms with van der Waals surface area (Å²) in [6.45, 7) is 1.55. The van der Waals surface area contributed by atoms with E-state index in [9.17, 15) is 5.11 Å². The number of phenolic OH excluding ortho intramolecular Hbond substituents is 1. The molecule has 0 bridgehead atoms. The monoisotopic (exact) mass is 231 g/mol. The number of phenols is 1. The van der Waals surface area contributed by atoms with Crippen LogP contribution in [0.25, 0.3) is 0 Å². The third-order valence-corrected chi connectivity index (χ3v) is 2.79. The second-order valence-electron chi connectivity index (χ2n) is 4.00. The summed E-state index contributed by atoms with van der Waals surface area (Å²) < 4.78 is 1.88. The van der Waals surface area contributed by atoms with Crippen molar-refractivity contribution in [2.24, 2.45) is 7.05 Å². The predicted octanol–water partition coefficient (Wildman–Crippen LogP) is 1.46. The zero-order chi connectivity index (χ0) is 12.1. The van der Waals surface area contributed by atoms with Crippen LogP contribution in [0, 0.1) is 0 Å². The first-order valence-corrected chi connectivity index (χ1v) is 5.72. The minimum Gasteiger partial charge on any atom is -0.508 e. The van der Waals surface area contributed by atoms with Gasteiger partial charge in [0, 0.05) is 44.0 Å². The molecule has 0 unspecified atom stereocenters. The highest BCUT2D eigenvalue weighted by molar-refractivity contribution is 5.31. The molecule has 0 amide bonds. The summed E-state index contributed by atoms with van der Waals surface area (Å²) in [5, 5.41) is 17.0. The molecule has 0 aliphatic rings. The lowest BCUT2D eigenvalue weighted by Crippen LogP contribution is -2.17. The van der Waals surface area contributed by atoms with Gasteiger partial charge in [-0.05, 0) is 12.1 Å². The first kappa shape index (κ1) is 11.7. The Hall–Kier alpha value is -1.81. The van der Waals surface area contributed by atoms with Crippen LogP contribution in [0.4, 0.5) is 0 Å². The van der Waals surface area contributed by atoms with Crippen LogP contribution in [0.15, 0.2) is 36.5 Å². The Morgan fingerprint density at radius 2 is 2.12 bits per heavy atom. The molecular formula is C13H17N3O. The molecule has 90 valence electrons. The Labute approximate surface area is 101 Å². The maximum absolute atomic E-state index is 9.58. The molecule has 2 aromatic rings. The van der Waals surface area contributed by atoms with Crippen LogP contribution in [0.1, 0.15) is 11.3 Å². The van der Waals surface area contributed by atoms with Gasteiger partial charge in [-0.3, -0.25) is 4.68 Å². The number of nitrogens with zero attached hydrogens (tertiary/aromatic N) is 2. The van der Waals surface area contributed by atoms with Crippen molar-refractivity contribution in [3.63, 3.8) is 0 Å². The molecule has 4 nitrogen and oxygen atoms in total. The van der Waals surface area contributed by atoms with Gasteiger partial charge in [-0.15, -0.1) is 0 Å². The van der Waals surface area contributed by atoms with E-state index in [4.69, 9.17) is 0 Å². The molecule has 0 atom stereocenters. The van der Waals surface area contributed by atoms with Crippen molar-refractivity contribution in [2.45, 2.75) is 13.0 Å². The average molecular weight is 231 g/mol. The van der Waals surface area contributed by atoms with Gasteiger partial charge in [0.05, 0.1) is 0 Å². The van der Waals surface area contributed by atoms with E-state index in [1.165, 1.54) is 5.69 Å². The number of hydrogen-bond donors (Lipinski definition) is 2. The maximum Gasteiger partial charge on any atom is 0.120 e. The third kappa shape index (κ3) is 3.07. The highest BCUT2D eigenvalue weighted by Gasteiger charge is 2.00. The van der Waals surface area contributed by atoms with Gasteiger partial charge < -0.3 is 10.4 Å². The third-order valence-electron chi connectivity index (χ3n) is 2.79. The predicted molar refractivity (Wildman–Crippen MR) is 66.7 cm³/mol. The van der Waals surface area contributed by atoms with Crippen molar-refractivity contribution >= 4 is 0 Å². The Morgan fingerprint density at radius 1 is 1.29 bits per heavy atom. The lowest BCUT2D eigenvalue weighted by molar-refractivity contribution is 0.464. The largest absolute Gasteiger partial charge is 0.508 e. The summed E-state index contributed by atoms with van der Waals surface area (Å²) >= 11 is 0. The first-order chi connectivity index (χ1) is 8.27. The van der Waals surface area contributed by atoms with E-state index in [0.717, 1.165) is 18.5 Å². The van der Waals surface area contributed by atoms with Crippen molar-refractivity contribution in [2.75, 3.05) is 6.54 Å². The molecule has 1 aromatic carbocycles. The zero-order valence-corrected chi connectivity index (χ0v) is 9.93. The topological polar surface area (TPSA) is 50.1 Å². The van der Waals surface area contributed by atoms with Gasteiger partial charge in [0.2, 0.25) is 0 Å². The molecule has 17 heavy (non-hydrogen) atoms. The Morgan fingerprint density at radius 3 is 2.82 bits per heavy atom. The molecule has 2 rings (SSSR count). The number of hydrogen-bond acceptors (Lipinski definition) is 3. The van der Waals surface area contributed by atoms with Gasteiger partial charge in [0.1, 0.15) is 5.75 Å². The van der Waals surface area contributed by atoms with Gasteiger partial charge in [0.15, 0.2) is 0 Å². The van der Waals surface area contributed by atoms with Gasteiger partial charge in [-0.1, -0.05) is 18.2 Å². The Bertz CT molecular complexity index is 479. The van der Waals surface area contributed by atoms with Crippen molar-refractivity contribution in [1.82, 2.24) is 15.1 Å². The van der Waals surface area contributed by atoms with Crippen LogP contribution in [0.3, 0.4) is 0 Å². The smallest absolute Gasteiger partial charge is 0.120 e. The number of rotatable bonds is 5. The van der Waals surface area contributed by atoms with Crippen LogP contribution in [-0.4, -0.2) is 21.4 Å². The summed E-state index contributed by atoms with van der Waals surface area (Å²) in [6.07, 6.45) is 2.74. The number of aromatic nitrogens is 2. The number of benzene rings is 1. The minimum atomic E-state index is 0.348. The normalized spacial score (nSPS) is 10.6. The molecule has 1 aromatic heterocycles. The molecule has 0 aliphatic carbocycles. The minimum absolute atomic E-state index is 0.348. The van der Waals surface area contributed by atoms with E-state index in [1.807, 2.05) is 36.0 Å². The fourth-order valence-electron chi connectivity index (χ4n) is 1.75. The van der Waals surface area contributed by atoms with E-state index >= 15 is 0 Å². The SMILES string of the molecule is Cn1nccc1CCNCc1ccccc1O. The van der Waals surface area contributed by atoms with Crippen molar-refractivity contribution in [3.05, 3.63) is 47.8 Å². The number of para-hydroxylation sites is 1. The number of aryl methyl sites for hydroxylation is 1. The highest BCUT2D eigenvalue weighted by atomic mass is 16.3. The van der Waals surface area contributed by atoms with Gasteiger partial charge >= 0.3 is 0 Å². The lowest BCUT2D eigenvalue weighted by Gasteiger charge is -2.06. The second-order valence-corrected chi connectivity index (χ2v) is 4.00. The maximum atomic E-state index is 9.58. The fourth-order valence-corrected chi connectivity index (χ4v) is 1.75. The highest BCUT2D eigenvalue weighted by Crippen LogP contribution is 2.14.